The van der Waals surface area contributed by atoms with Crippen LogP contribution < -0.4 is 15.4 Å². The molecule has 0 fully saturated rings. The fraction of sp³-hybridized carbons (Fsp3) is 0.364. The lowest BCUT2D eigenvalue weighted by molar-refractivity contribution is 0.336. The summed E-state index contributed by atoms with van der Waals surface area (Å²) in [5.74, 6) is 2.72. The third kappa shape index (κ3) is 4.82. The summed E-state index contributed by atoms with van der Waals surface area (Å²) in [5.41, 5.74) is 3.28. The molecule has 0 aliphatic heterocycles. The smallest absolute Gasteiger partial charge is 0.191 e. The van der Waals surface area contributed by atoms with Crippen molar-refractivity contribution < 1.29 is 4.74 Å². The van der Waals surface area contributed by atoms with Crippen LogP contribution in [-0.2, 0) is 13.1 Å². The van der Waals surface area contributed by atoms with Crippen molar-refractivity contribution in [3.8, 4) is 5.75 Å². The maximum Gasteiger partial charge on any atom is 0.191 e. The molecule has 6 nitrogen and oxygen atoms in total. The van der Waals surface area contributed by atoms with Crippen molar-refractivity contribution in [2.24, 2.45) is 4.99 Å². The number of ether oxygens (including phenoxy) is 1. The first-order valence-corrected chi connectivity index (χ1v) is 9.87. The van der Waals surface area contributed by atoms with Gasteiger partial charge in [-0.05, 0) is 39.0 Å². The Labute approximate surface area is 166 Å². The molecule has 0 amide bonds. The Bertz CT molecular complexity index is 932. The summed E-state index contributed by atoms with van der Waals surface area (Å²) in [6.45, 7) is 9.73. The molecule has 3 rings (SSSR count). The molecule has 1 aromatic heterocycles. The van der Waals surface area contributed by atoms with Gasteiger partial charge >= 0.3 is 0 Å². The van der Waals surface area contributed by atoms with E-state index in [2.05, 4.69) is 45.3 Å². The average Bonchev–Trinajstić information content (AvgIpc) is 3.02. The van der Waals surface area contributed by atoms with Gasteiger partial charge in [-0.3, -0.25) is 0 Å². The standard InChI is InChI=1S/C22H29N5O/c1-4-23-22(25-16-18-10-6-9-13-21(18)28-5-2)24-14-15-27-17(3)26-19-11-7-8-12-20(19)27/h6-13H,4-5,14-16H2,1-3H3,(H2,23,24,25). The van der Waals surface area contributed by atoms with Crippen molar-refractivity contribution in [3.05, 3.63) is 59.9 Å². The second-order valence-corrected chi connectivity index (χ2v) is 6.46. The second-order valence-electron chi connectivity index (χ2n) is 6.46. The third-order valence-electron chi connectivity index (χ3n) is 4.50. The normalized spacial score (nSPS) is 11.6. The molecule has 6 heteroatoms. The zero-order chi connectivity index (χ0) is 19.8. The van der Waals surface area contributed by atoms with E-state index in [0.717, 1.165) is 53.8 Å². The summed E-state index contributed by atoms with van der Waals surface area (Å²) in [6, 6.07) is 16.3. The molecule has 28 heavy (non-hydrogen) atoms. The van der Waals surface area contributed by atoms with E-state index in [-0.39, 0.29) is 0 Å². The van der Waals surface area contributed by atoms with E-state index in [1.807, 2.05) is 44.2 Å². The van der Waals surface area contributed by atoms with Gasteiger partial charge in [-0.1, -0.05) is 30.3 Å². The molecular formula is C22H29N5O. The lowest BCUT2D eigenvalue weighted by Crippen LogP contribution is -2.38. The van der Waals surface area contributed by atoms with Gasteiger partial charge < -0.3 is 19.9 Å². The number of aromatic nitrogens is 2. The van der Waals surface area contributed by atoms with Gasteiger partial charge in [0.25, 0.3) is 0 Å². The Morgan fingerprint density at radius 2 is 1.86 bits per heavy atom. The van der Waals surface area contributed by atoms with Crippen LogP contribution in [0.1, 0.15) is 25.2 Å². The number of guanidine groups is 1. The number of nitrogens with zero attached hydrogens (tertiary/aromatic N) is 3. The number of nitrogens with one attached hydrogen (secondary N) is 2. The Kier molecular flexibility index (Phi) is 6.89. The van der Waals surface area contributed by atoms with E-state index in [4.69, 9.17) is 9.73 Å². The summed E-state index contributed by atoms with van der Waals surface area (Å²) in [5, 5.41) is 6.73. The van der Waals surface area contributed by atoms with Crippen LogP contribution in [0.5, 0.6) is 5.75 Å². The molecule has 148 valence electrons. The number of para-hydroxylation sites is 3. The number of aryl methyl sites for hydroxylation is 1. The molecule has 0 saturated carbocycles. The molecule has 0 aliphatic rings. The number of imidazole rings is 1. The molecular weight excluding hydrogens is 350 g/mol. The summed E-state index contributed by atoms with van der Waals surface area (Å²) >= 11 is 0. The van der Waals surface area contributed by atoms with Crippen molar-refractivity contribution >= 4 is 17.0 Å². The summed E-state index contributed by atoms with van der Waals surface area (Å²) < 4.78 is 7.93. The minimum absolute atomic E-state index is 0.568. The van der Waals surface area contributed by atoms with Gasteiger partial charge in [0, 0.05) is 25.2 Å². The van der Waals surface area contributed by atoms with Gasteiger partial charge in [0.15, 0.2) is 5.96 Å². The monoisotopic (exact) mass is 379 g/mol. The van der Waals surface area contributed by atoms with Crippen LogP contribution >= 0.6 is 0 Å². The Morgan fingerprint density at radius 1 is 1.07 bits per heavy atom. The van der Waals surface area contributed by atoms with Gasteiger partial charge in [-0.25, -0.2) is 9.98 Å². The Hall–Kier alpha value is -3.02. The number of rotatable bonds is 8. The maximum atomic E-state index is 5.69. The highest BCUT2D eigenvalue weighted by Gasteiger charge is 2.07. The van der Waals surface area contributed by atoms with Crippen LogP contribution in [0.4, 0.5) is 0 Å². The fourth-order valence-electron chi connectivity index (χ4n) is 3.20. The van der Waals surface area contributed by atoms with E-state index < -0.39 is 0 Å². The van der Waals surface area contributed by atoms with Crippen molar-refractivity contribution in [1.29, 1.82) is 0 Å². The molecule has 0 unspecified atom stereocenters. The average molecular weight is 380 g/mol. The predicted octanol–water partition coefficient (Wildman–Crippen LogP) is 3.50. The highest BCUT2D eigenvalue weighted by atomic mass is 16.5. The van der Waals surface area contributed by atoms with Crippen molar-refractivity contribution in [1.82, 2.24) is 20.2 Å². The van der Waals surface area contributed by atoms with Gasteiger partial charge in [-0.15, -0.1) is 0 Å². The van der Waals surface area contributed by atoms with E-state index in [9.17, 15) is 0 Å². The minimum atomic E-state index is 0.568. The molecule has 0 aliphatic carbocycles. The zero-order valence-electron chi connectivity index (χ0n) is 16.9. The van der Waals surface area contributed by atoms with Gasteiger partial charge in [0.2, 0.25) is 0 Å². The SMILES string of the molecule is CCNC(=NCc1ccccc1OCC)NCCn1c(C)nc2ccccc21. The fourth-order valence-corrected chi connectivity index (χ4v) is 3.20. The van der Waals surface area contributed by atoms with E-state index in [1.54, 1.807) is 0 Å². The molecule has 1 heterocycles. The largest absolute Gasteiger partial charge is 0.494 e. The highest BCUT2D eigenvalue weighted by Crippen LogP contribution is 2.18. The summed E-state index contributed by atoms with van der Waals surface area (Å²) in [4.78, 5) is 9.35. The van der Waals surface area contributed by atoms with Crippen LogP contribution in [0.2, 0.25) is 0 Å². The third-order valence-corrected chi connectivity index (χ3v) is 4.50. The lowest BCUT2D eigenvalue weighted by atomic mass is 10.2. The molecule has 2 N–H and O–H groups in total. The topological polar surface area (TPSA) is 63.5 Å². The predicted molar refractivity (Wildman–Crippen MR) is 115 cm³/mol. The number of benzene rings is 2. The number of hydrogen-bond donors (Lipinski definition) is 2. The van der Waals surface area contributed by atoms with E-state index in [1.165, 1.54) is 0 Å². The van der Waals surface area contributed by atoms with E-state index in [0.29, 0.717) is 13.2 Å². The number of hydrogen-bond acceptors (Lipinski definition) is 3. The minimum Gasteiger partial charge on any atom is -0.494 e. The molecule has 0 atom stereocenters. The van der Waals surface area contributed by atoms with Gasteiger partial charge in [-0.2, -0.15) is 0 Å². The molecule has 0 bridgehead atoms. The molecule has 0 radical (unpaired) electrons. The molecule has 0 spiro atoms. The van der Waals surface area contributed by atoms with Gasteiger partial charge in [0.1, 0.15) is 11.6 Å². The number of fused-ring (bicyclic) bond motifs is 1. The summed E-state index contributed by atoms with van der Waals surface area (Å²) in [7, 11) is 0. The van der Waals surface area contributed by atoms with Crippen LogP contribution in [0, 0.1) is 6.92 Å². The van der Waals surface area contributed by atoms with Gasteiger partial charge in [0.05, 0.1) is 24.2 Å². The Balaban J connectivity index is 1.64. The molecule has 3 aromatic rings. The number of aliphatic imine (C=N–C) groups is 1. The van der Waals surface area contributed by atoms with Crippen LogP contribution in [0.15, 0.2) is 53.5 Å². The van der Waals surface area contributed by atoms with Crippen molar-refractivity contribution in [3.63, 3.8) is 0 Å². The molecule has 0 saturated heterocycles. The van der Waals surface area contributed by atoms with E-state index >= 15 is 0 Å². The van der Waals surface area contributed by atoms with Crippen LogP contribution in [0.3, 0.4) is 0 Å². The second kappa shape index (κ2) is 9.78. The quantitative estimate of drug-likeness (QED) is 0.464. The first-order chi connectivity index (χ1) is 13.7. The first kappa shape index (κ1) is 19.7. The van der Waals surface area contributed by atoms with Crippen molar-refractivity contribution in [2.75, 3.05) is 19.7 Å². The summed E-state index contributed by atoms with van der Waals surface area (Å²) in [6.07, 6.45) is 0. The lowest BCUT2D eigenvalue weighted by Gasteiger charge is -2.13. The zero-order valence-corrected chi connectivity index (χ0v) is 16.9. The molecule has 2 aromatic carbocycles. The van der Waals surface area contributed by atoms with Crippen LogP contribution in [0.25, 0.3) is 11.0 Å². The Morgan fingerprint density at radius 3 is 2.68 bits per heavy atom. The van der Waals surface area contributed by atoms with Crippen molar-refractivity contribution in [2.45, 2.75) is 33.9 Å². The highest BCUT2D eigenvalue weighted by molar-refractivity contribution is 5.80. The van der Waals surface area contributed by atoms with Crippen LogP contribution in [-0.4, -0.2) is 35.2 Å². The maximum absolute atomic E-state index is 5.69. The first-order valence-electron chi connectivity index (χ1n) is 9.87.